The molecule has 1 saturated carbocycles. The zero-order valence-corrected chi connectivity index (χ0v) is 13.0. The van der Waals surface area contributed by atoms with Crippen LogP contribution in [0.4, 0.5) is 0 Å². The standard InChI is InChI=1S/C16H31NO2/c1-4-17(14-10-6-5-7-11-14)13-9-8-12-16(2,3)15(18)19/h14H,4-13H2,1-3H3,(H,18,19). The van der Waals surface area contributed by atoms with Crippen molar-refractivity contribution in [3.05, 3.63) is 0 Å². The van der Waals surface area contributed by atoms with Crippen LogP contribution in [0.1, 0.15) is 72.1 Å². The molecule has 0 saturated heterocycles. The van der Waals surface area contributed by atoms with E-state index in [1.165, 1.54) is 32.1 Å². The van der Waals surface area contributed by atoms with Gasteiger partial charge in [-0.2, -0.15) is 0 Å². The summed E-state index contributed by atoms with van der Waals surface area (Å²) in [5.74, 6) is -0.674. The van der Waals surface area contributed by atoms with Gasteiger partial charge in [-0.15, -0.1) is 0 Å². The van der Waals surface area contributed by atoms with E-state index in [1.807, 2.05) is 13.8 Å². The van der Waals surface area contributed by atoms with Crippen LogP contribution in [0.5, 0.6) is 0 Å². The Kier molecular flexibility index (Phi) is 6.84. The molecule has 3 nitrogen and oxygen atoms in total. The summed E-state index contributed by atoms with van der Waals surface area (Å²) in [6.07, 6.45) is 9.80. The number of nitrogens with zero attached hydrogens (tertiary/aromatic N) is 1. The van der Waals surface area contributed by atoms with Crippen LogP contribution in [0, 0.1) is 5.41 Å². The molecule has 19 heavy (non-hydrogen) atoms. The van der Waals surface area contributed by atoms with E-state index in [0.717, 1.165) is 38.4 Å². The summed E-state index contributed by atoms with van der Waals surface area (Å²) >= 11 is 0. The topological polar surface area (TPSA) is 40.5 Å². The minimum absolute atomic E-state index is 0.568. The van der Waals surface area contributed by atoms with E-state index in [4.69, 9.17) is 5.11 Å². The minimum Gasteiger partial charge on any atom is -0.481 e. The monoisotopic (exact) mass is 269 g/mol. The first-order valence-electron chi connectivity index (χ1n) is 7.95. The molecule has 1 rings (SSSR count). The van der Waals surface area contributed by atoms with Crippen LogP contribution in [0.2, 0.25) is 0 Å². The molecule has 0 bridgehead atoms. The van der Waals surface area contributed by atoms with Crippen LogP contribution >= 0.6 is 0 Å². The van der Waals surface area contributed by atoms with Crippen molar-refractivity contribution < 1.29 is 9.90 Å². The molecule has 112 valence electrons. The van der Waals surface area contributed by atoms with Gasteiger partial charge in [0.05, 0.1) is 5.41 Å². The lowest BCUT2D eigenvalue weighted by molar-refractivity contribution is -0.147. The molecule has 3 heteroatoms. The van der Waals surface area contributed by atoms with E-state index in [0.29, 0.717) is 0 Å². The van der Waals surface area contributed by atoms with E-state index < -0.39 is 11.4 Å². The first-order valence-corrected chi connectivity index (χ1v) is 7.95. The molecule has 0 aliphatic heterocycles. The summed E-state index contributed by atoms with van der Waals surface area (Å²) in [7, 11) is 0. The maximum atomic E-state index is 11.0. The highest BCUT2D eigenvalue weighted by atomic mass is 16.4. The lowest BCUT2D eigenvalue weighted by Gasteiger charge is -2.33. The molecule has 1 fully saturated rings. The maximum Gasteiger partial charge on any atom is 0.309 e. The molecule has 0 aromatic carbocycles. The van der Waals surface area contributed by atoms with E-state index in [2.05, 4.69) is 11.8 Å². The van der Waals surface area contributed by atoms with Gasteiger partial charge in [0.25, 0.3) is 0 Å². The van der Waals surface area contributed by atoms with Crippen molar-refractivity contribution in [1.82, 2.24) is 4.90 Å². The summed E-state index contributed by atoms with van der Waals surface area (Å²) in [5, 5.41) is 9.09. The van der Waals surface area contributed by atoms with Gasteiger partial charge in [0.1, 0.15) is 0 Å². The summed E-state index contributed by atoms with van der Waals surface area (Å²) < 4.78 is 0. The molecule has 0 unspecified atom stereocenters. The van der Waals surface area contributed by atoms with Crippen molar-refractivity contribution in [3.8, 4) is 0 Å². The molecule has 0 amide bonds. The first kappa shape index (κ1) is 16.5. The molecule has 0 aromatic rings. The third kappa shape index (κ3) is 5.52. The van der Waals surface area contributed by atoms with Crippen LogP contribution in [-0.4, -0.2) is 35.1 Å². The van der Waals surface area contributed by atoms with Crippen LogP contribution in [0.25, 0.3) is 0 Å². The second kappa shape index (κ2) is 7.88. The minimum atomic E-state index is -0.674. The highest BCUT2D eigenvalue weighted by Crippen LogP contribution is 2.25. The smallest absolute Gasteiger partial charge is 0.309 e. The van der Waals surface area contributed by atoms with Gasteiger partial charge >= 0.3 is 5.97 Å². The Labute approximate surface area is 118 Å². The van der Waals surface area contributed by atoms with Crippen LogP contribution in [-0.2, 0) is 4.79 Å². The number of hydrogen-bond acceptors (Lipinski definition) is 2. The largest absolute Gasteiger partial charge is 0.481 e. The molecular weight excluding hydrogens is 238 g/mol. The second-order valence-corrected chi connectivity index (χ2v) is 6.57. The number of hydrogen-bond donors (Lipinski definition) is 1. The number of rotatable bonds is 8. The predicted octanol–water partition coefficient (Wildman–Crippen LogP) is 3.92. The SMILES string of the molecule is CCN(CCCCC(C)(C)C(=O)O)C1CCCCC1. The van der Waals surface area contributed by atoms with Gasteiger partial charge < -0.3 is 10.0 Å². The number of unbranched alkanes of at least 4 members (excludes halogenated alkanes) is 1. The number of carbonyl (C=O) groups is 1. The van der Waals surface area contributed by atoms with Crippen LogP contribution < -0.4 is 0 Å². The summed E-state index contributed by atoms with van der Waals surface area (Å²) in [6.45, 7) is 8.17. The lowest BCUT2D eigenvalue weighted by atomic mass is 9.87. The maximum absolute atomic E-state index is 11.0. The Morgan fingerprint density at radius 3 is 2.37 bits per heavy atom. The van der Waals surface area contributed by atoms with Gasteiger partial charge in [-0.1, -0.05) is 32.6 Å². The van der Waals surface area contributed by atoms with Gasteiger partial charge in [-0.25, -0.2) is 0 Å². The third-order valence-electron chi connectivity index (χ3n) is 4.57. The average molecular weight is 269 g/mol. The van der Waals surface area contributed by atoms with Gasteiger partial charge in [-0.3, -0.25) is 4.79 Å². The van der Waals surface area contributed by atoms with Crippen molar-refractivity contribution in [1.29, 1.82) is 0 Å². The number of aliphatic carboxylic acids is 1. The third-order valence-corrected chi connectivity index (χ3v) is 4.57. The molecular formula is C16H31NO2. The summed E-state index contributed by atoms with van der Waals surface area (Å²) in [5.41, 5.74) is -0.568. The highest BCUT2D eigenvalue weighted by Gasteiger charge is 2.26. The Balaban J connectivity index is 2.24. The number of carboxylic acids is 1. The van der Waals surface area contributed by atoms with E-state index in [1.54, 1.807) is 0 Å². The second-order valence-electron chi connectivity index (χ2n) is 6.57. The Bertz CT molecular complexity index is 270. The Morgan fingerprint density at radius 1 is 1.21 bits per heavy atom. The van der Waals surface area contributed by atoms with E-state index in [-0.39, 0.29) is 0 Å². The summed E-state index contributed by atoms with van der Waals surface area (Å²) in [4.78, 5) is 13.6. The van der Waals surface area contributed by atoms with Gasteiger partial charge in [-0.05, 0) is 52.6 Å². The van der Waals surface area contributed by atoms with Gasteiger partial charge in [0.2, 0.25) is 0 Å². The molecule has 1 aliphatic rings. The van der Waals surface area contributed by atoms with E-state index >= 15 is 0 Å². The first-order chi connectivity index (χ1) is 8.97. The zero-order chi connectivity index (χ0) is 14.3. The Morgan fingerprint density at radius 2 is 1.84 bits per heavy atom. The van der Waals surface area contributed by atoms with Crippen molar-refractivity contribution in [3.63, 3.8) is 0 Å². The Hall–Kier alpha value is -0.570. The fourth-order valence-electron chi connectivity index (χ4n) is 3.03. The lowest BCUT2D eigenvalue weighted by Crippen LogP contribution is -2.37. The molecule has 1 N–H and O–H groups in total. The van der Waals surface area contributed by atoms with Crippen LogP contribution in [0.15, 0.2) is 0 Å². The van der Waals surface area contributed by atoms with Crippen LogP contribution in [0.3, 0.4) is 0 Å². The van der Waals surface area contributed by atoms with Crippen molar-refractivity contribution in [2.75, 3.05) is 13.1 Å². The molecule has 0 radical (unpaired) electrons. The van der Waals surface area contributed by atoms with Crippen molar-refractivity contribution >= 4 is 5.97 Å². The molecule has 0 atom stereocenters. The molecule has 0 spiro atoms. The van der Waals surface area contributed by atoms with Crippen molar-refractivity contribution in [2.45, 2.75) is 78.2 Å². The fraction of sp³-hybridized carbons (Fsp3) is 0.938. The predicted molar refractivity (Wildman–Crippen MR) is 79.4 cm³/mol. The molecule has 0 aromatic heterocycles. The normalized spacial score (nSPS) is 17.9. The van der Waals surface area contributed by atoms with Gasteiger partial charge in [0, 0.05) is 6.04 Å². The fourth-order valence-corrected chi connectivity index (χ4v) is 3.03. The summed E-state index contributed by atoms with van der Waals surface area (Å²) in [6, 6.07) is 0.784. The quantitative estimate of drug-likeness (QED) is 0.679. The number of carboxylic acid groups (broad SMARTS) is 1. The molecule has 0 heterocycles. The van der Waals surface area contributed by atoms with Crippen molar-refractivity contribution in [2.24, 2.45) is 5.41 Å². The molecule has 1 aliphatic carbocycles. The van der Waals surface area contributed by atoms with Gasteiger partial charge in [0.15, 0.2) is 0 Å². The highest BCUT2D eigenvalue weighted by molar-refractivity contribution is 5.73. The average Bonchev–Trinajstić information content (AvgIpc) is 2.39. The van der Waals surface area contributed by atoms with E-state index in [9.17, 15) is 4.79 Å². The zero-order valence-electron chi connectivity index (χ0n) is 13.0.